The molecule has 0 aliphatic rings. The van der Waals surface area contributed by atoms with Gasteiger partial charge in [-0.2, -0.15) is 5.10 Å². The van der Waals surface area contributed by atoms with Gasteiger partial charge in [-0.1, -0.05) is 46.3 Å². The Morgan fingerprint density at radius 3 is 2.55 bits per heavy atom. The number of phenolic OH excluding ortho intramolecular Hbond substituents is 1. The Labute approximate surface area is 202 Å². The monoisotopic (exact) mass is 515 g/mol. The number of carbonyl (C=O) groups is 1. The second kappa shape index (κ2) is 9.05. The van der Waals surface area contributed by atoms with Gasteiger partial charge in [-0.3, -0.25) is 4.79 Å². The zero-order valence-corrected chi connectivity index (χ0v) is 19.7. The maximum atomic E-state index is 13.1. The smallest absolute Gasteiger partial charge is 0.288 e. The first-order valence-corrected chi connectivity index (χ1v) is 11.8. The normalized spacial score (nSPS) is 11.3. The number of thiophene rings is 1. The van der Waals surface area contributed by atoms with Crippen LogP contribution < -0.4 is 5.43 Å². The number of phenols is 1. The predicted molar refractivity (Wildman–Crippen MR) is 138 cm³/mol. The van der Waals surface area contributed by atoms with E-state index in [0.717, 1.165) is 41.8 Å². The van der Waals surface area contributed by atoms with Gasteiger partial charge < -0.3 is 10.1 Å². The minimum absolute atomic E-state index is 0.235. The summed E-state index contributed by atoms with van der Waals surface area (Å²) in [7, 11) is 0. The zero-order chi connectivity index (χ0) is 22.8. The van der Waals surface area contributed by atoms with Crippen molar-refractivity contribution in [1.29, 1.82) is 0 Å². The third-order valence-corrected chi connectivity index (χ3v) is 6.75. The molecule has 5 aromatic rings. The van der Waals surface area contributed by atoms with E-state index in [-0.39, 0.29) is 11.7 Å². The number of aromatic nitrogens is 1. The molecule has 2 aromatic heterocycles. The third kappa shape index (κ3) is 4.46. The molecular weight excluding hydrogens is 498 g/mol. The lowest BCUT2D eigenvalue weighted by Crippen LogP contribution is -2.18. The summed E-state index contributed by atoms with van der Waals surface area (Å²) in [5.74, 6) is -0.0771. The SMILES string of the molecule is O=C(N/N=C/c1ccc(-c2ccc(O)cc2)s1)c1[nH]c2ccc(Br)cc2c1-c1ccccc1. The van der Waals surface area contributed by atoms with Crippen molar-refractivity contribution in [2.24, 2.45) is 5.10 Å². The van der Waals surface area contributed by atoms with Gasteiger partial charge in [-0.15, -0.1) is 11.3 Å². The van der Waals surface area contributed by atoms with Crippen molar-refractivity contribution in [2.75, 3.05) is 0 Å². The number of benzene rings is 3. The van der Waals surface area contributed by atoms with E-state index in [1.54, 1.807) is 29.7 Å². The quantitative estimate of drug-likeness (QED) is 0.178. The molecule has 0 atom stereocenters. The average molecular weight is 516 g/mol. The highest BCUT2D eigenvalue weighted by molar-refractivity contribution is 9.10. The Bertz CT molecular complexity index is 1470. The fraction of sp³-hybridized carbons (Fsp3) is 0. The van der Waals surface area contributed by atoms with Crippen LogP contribution in [0.1, 0.15) is 15.4 Å². The van der Waals surface area contributed by atoms with Crippen molar-refractivity contribution < 1.29 is 9.90 Å². The van der Waals surface area contributed by atoms with Crippen LogP contribution in [-0.4, -0.2) is 22.2 Å². The number of aromatic amines is 1. The highest BCUT2D eigenvalue weighted by Crippen LogP contribution is 2.34. The van der Waals surface area contributed by atoms with Crippen molar-refractivity contribution in [2.45, 2.75) is 0 Å². The van der Waals surface area contributed by atoms with Crippen molar-refractivity contribution in [3.63, 3.8) is 0 Å². The Kier molecular flexibility index (Phi) is 5.81. The minimum atomic E-state index is -0.312. The molecule has 0 saturated heterocycles. The summed E-state index contributed by atoms with van der Waals surface area (Å²) < 4.78 is 0.943. The predicted octanol–water partition coefficient (Wildman–Crippen LogP) is 6.80. The molecule has 3 N–H and O–H groups in total. The van der Waals surface area contributed by atoms with E-state index < -0.39 is 0 Å². The first-order chi connectivity index (χ1) is 16.1. The minimum Gasteiger partial charge on any atom is -0.508 e. The topological polar surface area (TPSA) is 77.5 Å². The van der Waals surface area contributed by atoms with Crippen LogP contribution in [0.3, 0.4) is 0 Å². The van der Waals surface area contributed by atoms with Gasteiger partial charge in [0.15, 0.2) is 0 Å². The summed E-state index contributed by atoms with van der Waals surface area (Å²) in [5, 5.41) is 14.6. The lowest BCUT2D eigenvalue weighted by molar-refractivity contribution is 0.0951. The van der Waals surface area contributed by atoms with Crippen LogP contribution in [0.5, 0.6) is 5.75 Å². The van der Waals surface area contributed by atoms with Gasteiger partial charge in [0.25, 0.3) is 5.91 Å². The lowest BCUT2D eigenvalue weighted by atomic mass is 10.0. The van der Waals surface area contributed by atoms with Crippen LogP contribution >= 0.6 is 27.3 Å². The van der Waals surface area contributed by atoms with E-state index in [4.69, 9.17) is 0 Å². The molecule has 0 aliphatic heterocycles. The number of nitrogens with one attached hydrogen (secondary N) is 2. The van der Waals surface area contributed by atoms with Gasteiger partial charge in [0.2, 0.25) is 0 Å². The molecule has 33 heavy (non-hydrogen) atoms. The molecule has 0 radical (unpaired) electrons. The number of hydrogen-bond acceptors (Lipinski definition) is 4. The van der Waals surface area contributed by atoms with Gasteiger partial charge in [-0.05, 0) is 65.7 Å². The van der Waals surface area contributed by atoms with Crippen LogP contribution in [0.4, 0.5) is 0 Å². The molecule has 162 valence electrons. The summed E-state index contributed by atoms with van der Waals surface area (Å²) in [6.45, 7) is 0. The molecule has 0 aliphatic carbocycles. The first kappa shape index (κ1) is 21.2. The third-order valence-electron chi connectivity index (χ3n) is 5.19. The number of aromatic hydroxyl groups is 1. The largest absolute Gasteiger partial charge is 0.508 e. The maximum absolute atomic E-state index is 13.1. The number of carbonyl (C=O) groups excluding carboxylic acids is 1. The summed E-state index contributed by atoms with van der Waals surface area (Å²) in [6, 6.07) is 26.7. The van der Waals surface area contributed by atoms with Crippen molar-refractivity contribution in [1.82, 2.24) is 10.4 Å². The summed E-state index contributed by atoms with van der Waals surface area (Å²) in [4.78, 5) is 18.3. The number of rotatable bonds is 5. The number of halogens is 1. The Balaban J connectivity index is 1.40. The van der Waals surface area contributed by atoms with Gasteiger partial charge in [-0.25, -0.2) is 5.43 Å². The molecule has 0 saturated carbocycles. The molecule has 2 heterocycles. The van der Waals surface area contributed by atoms with Crippen molar-refractivity contribution in [3.8, 4) is 27.3 Å². The van der Waals surface area contributed by atoms with Crippen LogP contribution in [0, 0.1) is 0 Å². The summed E-state index contributed by atoms with van der Waals surface area (Å²) >= 11 is 5.08. The molecule has 0 bridgehead atoms. The zero-order valence-electron chi connectivity index (χ0n) is 17.2. The van der Waals surface area contributed by atoms with Crippen LogP contribution in [0.15, 0.2) is 94.5 Å². The summed E-state index contributed by atoms with van der Waals surface area (Å²) in [6.07, 6.45) is 1.63. The van der Waals surface area contributed by atoms with Gasteiger partial charge in [0.05, 0.1) is 6.21 Å². The molecule has 1 amide bonds. The van der Waals surface area contributed by atoms with E-state index in [9.17, 15) is 9.90 Å². The number of fused-ring (bicyclic) bond motifs is 1. The fourth-order valence-electron chi connectivity index (χ4n) is 3.65. The highest BCUT2D eigenvalue weighted by atomic mass is 79.9. The van der Waals surface area contributed by atoms with E-state index in [1.165, 1.54) is 0 Å². The summed E-state index contributed by atoms with van der Waals surface area (Å²) in [5.41, 5.74) is 6.79. The van der Waals surface area contributed by atoms with E-state index in [1.807, 2.05) is 72.8 Å². The Morgan fingerprint density at radius 2 is 1.76 bits per heavy atom. The number of amides is 1. The first-order valence-electron chi connectivity index (χ1n) is 10.2. The molecule has 7 heteroatoms. The van der Waals surface area contributed by atoms with Crippen LogP contribution in [0.25, 0.3) is 32.5 Å². The number of hydrazone groups is 1. The van der Waals surface area contributed by atoms with Gasteiger partial charge in [0, 0.05) is 30.7 Å². The molecule has 0 fully saturated rings. The van der Waals surface area contributed by atoms with E-state index >= 15 is 0 Å². The fourth-order valence-corrected chi connectivity index (χ4v) is 4.90. The molecular formula is C26H18BrN3O2S. The highest BCUT2D eigenvalue weighted by Gasteiger charge is 2.19. The van der Waals surface area contributed by atoms with E-state index in [2.05, 4.69) is 31.4 Å². The van der Waals surface area contributed by atoms with E-state index in [0.29, 0.717) is 5.69 Å². The average Bonchev–Trinajstić information content (AvgIpc) is 3.45. The molecule has 3 aromatic carbocycles. The molecule has 5 rings (SSSR count). The van der Waals surface area contributed by atoms with Crippen molar-refractivity contribution >= 4 is 50.3 Å². The van der Waals surface area contributed by atoms with Crippen LogP contribution in [-0.2, 0) is 0 Å². The standard InChI is InChI=1S/C26H18BrN3O2S/c27-18-8-12-22-21(14-18)24(17-4-2-1-3-5-17)25(29-22)26(32)30-28-15-20-11-13-23(33-20)16-6-9-19(31)10-7-16/h1-15,29,31H,(H,30,32)/b28-15+. The number of H-pyrrole nitrogens is 1. The Morgan fingerprint density at radius 1 is 0.970 bits per heavy atom. The van der Waals surface area contributed by atoms with Crippen molar-refractivity contribution in [3.05, 3.63) is 100.0 Å². The second-order valence-electron chi connectivity index (χ2n) is 7.38. The maximum Gasteiger partial charge on any atom is 0.288 e. The lowest BCUT2D eigenvalue weighted by Gasteiger charge is -2.04. The van der Waals surface area contributed by atoms with Crippen LogP contribution in [0.2, 0.25) is 0 Å². The molecule has 0 spiro atoms. The molecule has 0 unspecified atom stereocenters. The van der Waals surface area contributed by atoms with Gasteiger partial charge in [0.1, 0.15) is 11.4 Å². The molecule has 5 nitrogen and oxygen atoms in total. The Hall–Kier alpha value is -3.68. The number of hydrogen-bond donors (Lipinski definition) is 3. The van der Waals surface area contributed by atoms with Gasteiger partial charge >= 0.3 is 0 Å². The second-order valence-corrected chi connectivity index (χ2v) is 9.41. The number of nitrogens with zero attached hydrogens (tertiary/aromatic N) is 1.